The molecule has 2 aromatic rings. The van der Waals surface area contributed by atoms with Crippen LogP contribution in [0.5, 0.6) is 11.5 Å². The van der Waals surface area contributed by atoms with Crippen molar-refractivity contribution in [1.82, 2.24) is 14.9 Å². The Bertz CT molecular complexity index is 916. The molecule has 4 rings (SSSR count). The van der Waals surface area contributed by atoms with E-state index in [1.165, 1.54) is 0 Å². The molecule has 0 spiro atoms. The van der Waals surface area contributed by atoms with E-state index < -0.39 is 0 Å². The molecule has 0 atom stereocenters. The van der Waals surface area contributed by atoms with Gasteiger partial charge in [-0.05, 0) is 29.7 Å². The lowest BCUT2D eigenvalue weighted by Gasteiger charge is -2.34. The zero-order valence-corrected chi connectivity index (χ0v) is 16.5. The maximum absolute atomic E-state index is 12.4. The molecule has 1 fully saturated rings. The minimum Gasteiger partial charge on any atom is -0.454 e. The summed E-state index contributed by atoms with van der Waals surface area (Å²) in [5.41, 5.74) is 2.12. The van der Waals surface area contributed by atoms with Gasteiger partial charge in [0, 0.05) is 44.6 Å². The molecule has 0 bridgehead atoms. The van der Waals surface area contributed by atoms with E-state index in [0.29, 0.717) is 13.1 Å². The predicted octanol–water partition coefficient (Wildman–Crippen LogP) is 2.69. The highest BCUT2D eigenvalue weighted by molar-refractivity contribution is 5.88. The standard InChI is InChI=1S/C22H24N4O3/c1-2-17-14-23-22(24-15-17)26-11-9-25(10-12-26)21(27)6-4-3-5-18-7-8-19-20(13-18)29-16-28-19/h3-8,13-15H,2,9-12,16H2,1H3/b5-3+,6-4+. The number of carbonyl (C=O) groups excluding carboxylic acids is 1. The third-order valence-electron chi connectivity index (χ3n) is 5.01. The van der Waals surface area contributed by atoms with Gasteiger partial charge >= 0.3 is 0 Å². The molecule has 1 saturated heterocycles. The number of rotatable bonds is 5. The Morgan fingerprint density at radius 2 is 1.83 bits per heavy atom. The van der Waals surface area contributed by atoms with Crippen molar-refractivity contribution in [2.75, 3.05) is 37.9 Å². The first-order valence-corrected chi connectivity index (χ1v) is 9.82. The minimum atomic E-state index is 0.0160. The minimum absolute atomic E-state index is 0.0160. The van der Waals surface area contributed by atoms with Crippen molar-refractivity contribution < 1.29 is 14.3 Å². The van der Waals surface area contributed by atoms with Crippen LogP contribution in [0.25, 0.3) is 6.08 Å². The molecule has 2 aliphatic heterocycles. The van der Waals surface area contributed by atoms with Crippen molar-refractivity contribution in [3.8, 4) is 11.5 Å². The molecule has 1 aromatic carbocycles. The first-order valence-electron chi connectivity index (χ1n) is 9.82. The van der Waals surface area contributed by atoms with Gasteiger partial charge in [0.05, 0.1) is 0 Å². The van der Waals surface area contributed by atoms with Crippen LogP contribution >= 0.6 is 0 Å². The van der Waals surface area contributed by atoms with Crippen LogP contribution in [0.3, 0.4) is 0 Å². The number of hydrogen-bond donors (Lipinski definition) is 0. The molecule has 7 heteroatoms. The molecule has 0 N–H and O–H groups in total. The Hall–Kier alpha value is -3.35. The first-order chi connectivity index (χ1) is 14.2. The van der Waals surface area contributed by atoms with Gasteiger partial charge in [-0.1, -0.05) is 31.2 Å². The van der Waals surface area contributed by atoms with Gasteiger partial charge in [-0.25, -0.2) is 9.97 Å². The molecule has 150 valence electrons. The number of carbonyl (C=O) groups is 1. The largest absolute Gasteiger partial charge is 0.454 e. The van der Waals surface area contributed by atoms with Gasteiger partial charge < -0.3 is 19.3 Å². The maximum atomic E-state index is 12.4. The molecule has 7 nitrogen and oxygen atoms in total. The summed E-state index contributed by atoms with van der Waals surface area (Å²) >= 11 is 0. The molecule has 2 aliphatic rings. The van der Waals surface area contributed by atoms with Crippen molar-refractivity contribution in [1.29, 1.82) is 0 Å². The van der Waals surface area contributed by atoms with E-state index >= 15 is 0 Å². The Labute approximate surface area is 170 Å². The fourth-order valence-corrected chi connectivity index (χ4v) is 3.25. The summed E-state index contributed by atoms with van der Waals surface area (Å²) < 4.78 is 10.7. The zero-order chi connectivity index (χ0) is 20.1. The molecule has 0 unspecified atom stereocenters. The Kier molecular flexibility index (Phi) is 5.74. The molecule has 29 heavy (non-hydrogen) atoms. The summed E-state index contributed by atoms with van der Waals surface area (Å²) in [4.78, 5) is 25.2. The molecule has 1 amide bonds. The van der Waals surface area contributed by atoms with Crippen LogP contribution in [-0.4, -0.2) is 53.7 Å². The number of ether oxygens (including phenoxy) is 2. The fraction of sp³-hybridized carbons (Fsp3) is 0.318. The second-order valence-corrected chi connectivity index (χ2v) is 6.89. The van der Waals surface area contributed by atoms with Crippen molar-refractivity contribution in [3.63, 3.8) is 0 Å². The smallest absolute Gasteiger partial charge is 0.246 e. The van der Waals surface area contributed by atoms with Crippen LogP contribution in [-0.2, 0) is 11.2 Å². The normalized spacial score (nSPS) is 16.2. The number of allylic oxidation sites excluding steroid dienone is 2. The second-order valence-electron chi connectivity index (χ2n) is 6.89. The number of aromatic nitrogens is 2. The number of aryl methyl sites for hydroxylation is 1. The van der Waals surface area contributed by atoms with Gasteiger partial charge in [-0.15, -0.1) is 0 Å². The molecular weight excluding hydrogens is 368 g/mol. The Morgan fingerprint density at radius 3 is 2.59 bits per heavy atom. The first kappa shape index (κ1) is 19.0. The van der Waals surface area contributed by atoms with Gasteiger partial charge in [0.25, 0.3) is 0 Å². The number of hydrogen-bond acceptors (Lipinski definition) is 6. The van der Waals surface area contributed by atoms with Crippen molar-refractivity contribution in [2.24, 2.45) is 0 Å². The van der Waals surface area contributed by atoms with E-state index in [4.69, 9.17) is 9.47 Å². The van der Waals surface area contributed by atoms with Crippen molar-refractivity contribution >= 4 is 17.9 Å². The lowest BCUT2D eigenvalue weighted by atomic mass is 10.2. The second kappa shape index (κ2) is 8.77. The Morgan fingerprint density at radius 1 is 1.07 bits per heavy atom. The summed E-state index contributed by atoms with van der Waals surface area (Å²) in [5.74, 6) is 2.26. The summed E-state index contributed by atoms with van der Waals surface area (Å²) in [6, 6.07) is 5.76. The number of fused-ring (bicyclic) bond motifs is 1. The zero-order valence-electron chi connectivity index (χ0n) is 16.5. The highest BCUT2D eigenvalue weighted by atomic mass is 16.7. The summed E-state index contributed by atoms with van der Waals surface area (Å²) in [7, 11) is 0. The molecule has 0 radical (unpaired) electrons. The Balaban J connectivity index is 1.27. The predicted molar refractivity (Wildman–Crippen MR) is 111 cm³/mol. The van der Waals surface area contributed by atoms with E-state index in [1.807, 2.05) is 47.6 Å². The molecular formula is C22H24N4O3. The molecule has 0 aliphatic carbocycles. The third-order valence-corrected chi connectivity index (χ3v) is 5.01. The summed E-state index contributed by atoms with van der Waals surface area (Å²) in [5, 5.41) is 0. The lowest BCUT2D eigenvalue weighted by molar-refractivity contribution is -0.126. The van der Waals surface area contributed by atoms with E-state index in [2.05, 4.69) is 21.8 Å². The highest BCUT2D eigenvalue weighted by Crippen LogP contribution is 2.32. The van der Waals surface area contributed by atoms with E-state index in [0.717, 1.165) is 48.1 Å². The highest BCUT2D eigenvalue weighted by Gasteiger charge is 2.21. The molecule has 1 aromatic heterocycles. The van der Waals surface area contributed by atoms with Gasteiger partial charge in [0.1, 0.15) is 0 Å². The average Bonchev–Trinajstić information content (AvgIpc) is 3.25. The van der Waals surface area contributed by atoms with Gasteiger partial charge in [-0.2, -0.15) is 0 Å². The maximum Gasteiger partial charge on any atom is 0.246 e. The van der Waals surface area contributed by atoms with Crippen LogP contribution in [0, 0.1) is 0 Å². The number of amides is 1. The molecule has 0 saturated carbocycles. The van der Waals surface area contributed by atoms with Crippen LogP contribution in [0.15, 0.2) is 48.8 Å². The van der Waals surface area contributed by atoms with Gasteiger partial charge in [0.15, 0.2) is 11.5 Å². The van der Waals surface area contributed by atoms with Crippen LogP contribution in [0.1, 0.15) is 18.1 Å². The SMILES string of the molecule is CCc1cnc(N2CCN(C(=O)/C=C/C=C/c3ccc4c(c3)OCO4)CC2)nc1. The van der Waals surface area contributed by atoms with Crippen LogP contribution in [0.4, 0.5) is 5.95 Å². The van der Waals surface area contributed by atoms with Gasteiger partial charge in [0.2, 0.25) is 18.6 Å². The third kappa shape index (κ3) is 4.56. The quantitative estimate of drug-likeness (QED) is 0.576. The number of piperazine rings is 1. The topological polar surface area (TPSA) is 67.8 Å². The summed E-state index contributed by atoms with van der Waals surface area (Å²) in [6.45, 7) is 5.14. The van der Waals surface area contributed by atoms with Crippen molar-refractivity contribution in [2.45, 2.75) is 13.3 Å². The van der Waals surface area contributed by atoms with Crippen molar-refractivity contribution in [3.05, 3.63) is 59.9 Å². The summed E-state index contributed by atoms with van der Waals surface area (Å²) in [6.07, 6.45) is 11.8. The van der Waals surface area contributed by atoms with E-state index in [1.54, 1.807) is 12.2 Å². The van der Waals surface area contributed by atoms with E-state index in [9.17, 15) is 4.79 Å². The van der Waals surface area contributed by atoms with Crippen LogP contribution < -0.4 is 14.4 Å². The van der Waals surface area contributed by atoms with E-state index in [-0.39, 0.29) is 12.7 Å². The lowest BCUT2D eigenvalue weighted by Crippen LogP contribution is -2.48. The van der Waals surface area contributed by atoms with Gasteiger partial charge in [-0.3, -0.25) is 4.79 Å². The number of nitrogens with zero attached hydrogens (tertiary/aromatic N) is 4. The number of benzene rings is 1. The molecule has 3 heterocycles. The van der Waals surface area contributed by atoms with Crippen LogP contribution in [0.2, 0.25) is 0 Å². The monoisotopic (exact) mass is 392 g/mol. The average molecular weight is 392 g/mol. The fourth-order valence-electron chi connectivity index (χ4n) is 3.25. The number of anilines is 1.